The molecule has 1 aromatic carbocycles. The van der Waals surface area contributed by atoms with Gasteiger partial charge < -0.3 is 19.5 Å². The number of nitrogens with zero attached hydrogens (tertiary/aromatic N) is 3. The summed E-state index contributed by atoms with van der Waals surface area (Å²) in [6, 6.07) is 7.76. The number of likely N-dealkylation sites (N-methyl/N-ethyl adjacent to an activating group) is 1. The van der Waals surface area contributed by atoms with Crippen molar-refractivity contribution in [3.63, 3.8) is 0 Å². The molecular formula is C21H28N4O3. The fraction of sp³-hybridized carbons (Fsp3) is 0.476. The van der Waals surface area contributed by atoms with E-state index in [1.807, 2.05) is 36.7 Å². The van der Waals surface area contributed by atoms with E-state index in [0.717, 1.165) is 17.1 Å². The molecule has 28 heavy (non-hydrogen) atoms. The Morgan fingerprint density at radius 2 is 2.04 bits per heavy atom. The summed E-state index contributed by atoms with van der Waals surface area (Å²) in [4.78, 5) is 30.5. The van der Waals surface area contributed by atoms with E-state index in [1.54, 1.807) is 14.1 Å². The van der Waals surface area contributed by atoms with Gasteiger partial charge in [-0.15, -0.1) is 0 Å². The van der Waals surface area contributed by atoms with Gasteiger partial charge in [0.05, 0.1) is 0 Å². The van der Waals surface area contributed by atoms with E-state index < -0.39 is 12.2 Å². The first kappa shape index (κ1) is 20.1. The van der Waals surface area contributed by atoms with Crippen molar-refractivity contribution in [2.45, 2.75) is 51.4 Å². The van der Waals surface area contributed by atoms with Gasteiger partial charge in [0.1, 0.15) is 18.0 Å². The van der Waals surface area contributed by atoms with Gasteiger partial charge in [0.2, 0.25) is 0 Å². The monoisotopic (exact) mass is 384 g/mol. The Kier molecular flexibility index (Phi) is 6.14. The predicted molar refractivity (Wildman–Crippen MR) is 107 cm³/mol. The number of anilines is 1. The van der Waals surface area contributed by atoms with Crippen LogP contribution in [0, 0.1) is 0 Å². The number of carbonyl (C=O) groups is 2. The molecule has 2 atom stereocenters. The number of hydrogen-bond donors (Lipinski definition) is 1. The van der Waals surface area contributed by atoms with Gasteiger partial charge in [0.25, 0.3) is 11.8 Å². The Morgan fingerprint density at radius 3 is 2.75 bits per heavy atom. The van der Waals surface area contributed by atoms with E-state index in [-0.39, 0.29) is 11.8 Å². The summed E-state index contributed by atoms with van der Waals surface area (Å²) in [5.41, 5.74) is 1.80. The molecule has 2 heterocycles. The molecule has 2 aromatic rings. The summed E-state index contributed by atoms with van der Waals surface area (Å²) < 4.78 is 7.77. The first-order valence-electron chi connectivity index (χ1n) is 9.62. The molecule has 0 aliphatic carbocycles. The van der Waals surface area contributed by atoms with Crippen LogP contribution in [0.3, 0.4) is 0 Å². The summed E-state index contributed by atoms with van der Waals surface area (Å²) in [6.45, 7) is 4.92. The molecule has 1 aromatic heterocycles. The molecule has 7 heteroatoms. The molecule has 150 valence electrons. The minimum Gasteiger partial charge on any atom is -0.355 e. The summed E-state index contributed by atoms with van der Waals surface area (Å²) in [6.07, 6.45) is 3.75. The van der Waals surface area contributed by atoms with E-state index in [2.05, 4.69) is 28.7 Å². The largest absolute Gasteiger partial charge is 0.355 e. The van der Waals surface area contributed by atoms with Gasteiger partial charge in [-0.2, -0.15) is 0 Å². The number of aromatic nitrogens is 2. The Morgan fingerprint density at radius 1 is 1.29 bits per heavy atom. The fourth-order valence-corrected chi connectivity index (χ4v) is 3.42. The molecular weight excluding hydrogens is 356 g/mol. The second-order valence-corrected chi connectivity index (χ2v) is 7.68. The summed E-state index contributed by atoms with van der Waals surface area (Å²) in [5.74, 6) is 1.07. The number of benzene rings is 1. The smallest absolute Gasteiger partial charge is 0.253 e. The van der Waals surface area contributed by atoms with Crippen molar-refractivity contribution in [1.29, 1.82) is 0 Å². The predicted octanol–water partition coefficient (Wildman–Crippen LogP) is 2.63. The van der Waals surface area contributed by atoms with E-state index in [9.17, 15) is 9.59 Å². The van der Waals surface area contributed by atoms with Gasteiger partial charge in [-0.3, -0.25) is 9.59 Å². The maximum absolute atomic E-state index is 12.5. The second kappa shape index (κ2) is 8.56. The molecule has 7 nitrogen and oxygen atoms in total. The zero-order chi connectivity index (χ0) is 20.3. The van der Waals surface area contributed by atoms with E-state index in [4.69, 9.17) is 4.74 Å². The average molecular weight is 384 g/mol. The summed E-state index contributed by atoms with van der Waals surface area (Å²) in [7, 11) is 3.38. The van der Waals surface area contributed by atoms with Crippen LogP contribution >= 0.6 is 0 Å². The van der Waals surface area contributed by atoms with E-state index >= 15 is 0 Å². The molecule has 1 fully saturated rings. The lowest BCUT2D eigenvalue weighted by Crippen LogP contribution is -2.35. The molecule has 1 saturated heterocycles. The first-order chi connectivity index (χ1) is 13.3. The lowest BCUT2D eigenvalue weighted by Gasteiger charge is -2.17. The topological polar surface area (TPSA) is 76.5 Å². The molecule has 0 radical (unpaired) electrons. The van der Waals surface area contributed by atoms with Crippen molar-refractivity contribution in [3.8, 4) is 0 Å². The van der Waals surface area contributed by atoms with Gasteiger partial charge in [-0.25, -0.2) is 4.98 Å². The minimum atomic E-state index is -0.598. The number of ether oxygens (including phenoxy) is 1. The average Bonchev–Trinajstić information content (AvgIpc) is 3.30. The second-order valence-electron chi connectivity index (χ2n) is 7.68. The van der Waals surface area contributed by atoms with Gasteiger partial charge in [0, 0.05) is 44.6 Å². The number of carbonyl (C=O) groups excluding carboxylic acids is 2. The van der Waals surface area contributed by atoms with Crippen molar-refractivity contribution in [1.82, 2.24) is 14.5 Å². The first-order valence-corrected chi connectivity index (χ1v) is 9.62. The highest BCUT2D eigenvalue weighted by atomic mass is 16.5. The third-order valence-electron chi connectivity index (χ3n) is 4.84. The molecule has 0 bridgehead atoms. The van der Waals surface area contributed by atoms with Crippen molar-refractivity contribution in [2.75, 3.05) is 19.4 Å². The molecule has 1 aliphatic rings. The lowest BCUT2D eigenvalue weighted by atomic mass is 10.1. The molecule has 0 saturated carbocycles. The van der Waals surface area contributed by atoms with Crippen LogP contribution in [-0.4, -0.2) is 52.6 Å². The maximum atomic E-state index is 12.5. The Balaban J connectivity index is 1.62. The highest BCUT2D eigenvalue weighted by Gasteiger charge is 2.35. The number of hydrogen-bond acceptors (Lipinski definition) is 4. The maximum Gasteiger partial charge on any atom is 0.253 e. The fourth-order valence-electron chi connectivity index (χ4n) is 3.42. The van der Waals surface area contributed by atoms with Crippen LogP contribution in [0.5, 0.6) is 0 Å². The Labute approximate surface area is 165 Å². The highest BCUT2D eigenvalue weighted by Crippen LogP contribution is 2.23. The van der Waals surface area contributed by atoms with Crippen molar-refractivity contribution in [3.05, 3.63) is 48.0 Å². The van der Waals surface area contributed by atoms with E-state index in [1.165, 1.54) is 4.90 Å². The van der Waals surface area contributed by atoms with E-state index in [0.29, 0.717) is 25.3 Å². The highest BCUT2D eigenvalue weighted by molar-refractivity contribution is 5.95. The van der Waals surface area contributed by atoms with Crippen LogP contribution in [0.4, 0.5) is 5.69 Å². The quantitative estimate of drug-likeness (QED) is 0.831. The normalized spacial score (nSPS) is 19.0. The standard InChI is InChI=1S/C21H28N4O3/c1-14(2)19-22-10-11-25(19)13-15-6-5-7-16(12-15)23-20(26)17-8-9-18(28-17)21(27)24(3)4/h5-7,10-12,14,17-18H,8-9,13H2,1-4H3,(H,23,26)/t17-,18+/m0/s1. The van der Waals surface area contributed by atoms with Crippen LogP contribution in [-0.2, 0) is 20.9 Å². The number of amides is 2. The summed E-state index contributed by atoms with van der Waals surface area (Å²) in [5, 5.41) is 2.92. The summed E-state index contributed by atoms with van der Waals surface area (Å²) >= 11 is 0. The molecule has 3 rings (SSSR count). The van der Waals surface area contributed by atoms with Gasteiger partial charge >= 0.3 is 0 Å². The van der Waals surface area contributed by atoms with Gasteiger partial charge in [-0.1, -0.05) is 26.0 Å². The lowest BCUT2D eigenvalue weighted by molar-refractivity contribution is -0.143. The molecule has 1 N–H and O–H groups in total. The van der Waals surface area contributed by atoms with Crippen LogP contribution in [0.2, 0.25) is 0 Å². The Hall–Kier alpha value is -2.67. The number of nitrogens with one attached hydrogen (secondary N) is 1. The molecule has 2 amide bonds. The number of imidazole rings is 1. The van der Waals surface area contributed by atoms with Crippen molar-refractivity contribution in [2.24, 2.45) is 0 Å². The minimum absolute atomic E-state index is 0.0985. The third-order valence-corrected chi connectivity index (χ3v) is 4.84. The third kappa shape index (κ3) is 4.59. The van der Waals surface area contributed by atoms with Crippen molar-refractivity contribution < 1.29 is 14.3 Å². The Bertz CT molecular complexity index is 844. The molecule has 0 spiro atoms. The van der Waals surface area contributed by atoms with Gasteiger partial charge in [0.15, 0.2) is 0 Å². The van der Waals surface area contributed by atoms with Gasteiger partial charge in [-0.05, 0) is 30.5 Å². The number of rotatable bonds is 6. The van der Waals surface area contributed by atoms with Crippen LogP contribution in [0.1, 0.15) is 44.0 Å². The SMILES string of the molecule is CC(C)c1nccn1Cc1cccc(NC(=O)[C@@H]2CC[C@H](C(=O)N(C)C)O2)c1. The zero-order valence-corrected chi connectivity index (χ0v) is 16.9. The molecule has 1 aliphatic heterocycles. The molecule has 0 unspecified atom stereocenters. The van der Waals surface area contributed by atoms with Crippen LogP contribution < -0.4 is 5.32 Å². The van der Waals surface area contributed by atoms with Crippen molar-refractivity contribution >= 4 is 17.5 Å². The van der Waals surface area contributed by atoms with Crippen LogP contribution in [0.25, 0.3) is 0 Å². The van der Waals surface area contributed by atoms with Crippen LogP contribution in [0.15, 0.2) is 36.7 Å². The zero-order valence-electron chi connectivity index (χ0n) is 16.9.